The summed E-state index contributed by atoms with van der Waals surface area (Å²) in [7, 11) is 0. The van der Waals surface area contributed by atoms with Gasteiger partial charge in [0.25, 0.3) is 5.91 Å². The average molecular weight is 449 g/mol. The Morgan fingerprint density at radius 2 is 1.82 bits per heavy atom. The number of aryl methyl sites for hydroxylation is 1. The van der Waals surface area contributed by atoms with Crippen LogP contribution >= 0.6 is 0 Å². The summed E-state index contributed by atoms with van der Waals surface area (Å²) in [6, 6.07) is 14.5. The molecule has 174 valence electrons. The van der Waals surface area contributed by atoms with Crippen LogP contribution in [-0.2, 0) is 9.53 Å². The van der Waals surface area contributed by atoms with Gasteiger partial charge in [0.2, 0.25) is 0 Å². The number of nitriles is 1. The zero-order chi connectivity index (χ0) is 24.2. The Bertz CT molecular complexity index is 1040. The van der Waals surface area contributed by atoms with E-state index in [0.717, 1.165) is 42.9 Å². The monoisotopic (exact) mass is 448 g/mol. The minimum absolute atomic E-state index is 0.114. The third-order valence-electron chi connectivity index (χ3n) is 5.20. The minimum Gasteiger partial charge on any atom is -0.462 e. The first-order valence-corrected chi connectivity index (χ1v) is 11.2. The standard InChI is InChI=1S/C26H32N4O3/c1-5-8-15-33-26(32)22-11-9-10-12-24(22)29-25(31)20(17-27)18-28-23-14-13-21(16-19(23)4)30(6-2)7-3/h9-14,16,18,28H,5-8,15H2,1-4H3,(H,29,31)/b20-18-. The third kappa shape index (κ3) is 7.11. The van der Waals surface area contributed by atoms with Gasteiger partial charge in [-0.3, -0.25) is 4.79 Å². The summed E-state index contributed by atoms with van der Waals surface area (Å²) < 4.78 is 5.25. The van der Waals surface area contributed by atoms with Gasteiger partial charge < -0.3 is 20.3 Å². The van der Waals surface area contributed by atoms with Crippen LogP contribution in [0.1, 0.15) is 49.5 Å². The van der Waals surface area contributed by atoms with E-state index < -0.39 is 11.9 Å². The predicted molar refractivity (Wildman–Crippen MR) is 132 cm³/mol. The molecule has 0 atom stereocenters. The first kappa shape index (κ1) is 25.5. The Kier molecular flexibility index (Phi) is 9.97. The van der Waals surface area contributed by atoms with E-state index in [2.05, 4.69) is 35.4 Å². The van der Waals surface area contributed by atoms with E-state index in [1.165, 1.54) is 6.20 Å². The van der Waals surface area contributed by atoms with Crippen LogP contribution in [0.25, 0.3) is 0 Å². The van der Waals surface area contributed by atoms with Gasteiger partial charge in [-0.05, 0) is 63.1 Å². The number of nitrogens with zero attached hydrogens (tertiary/aromatic N) is 2. The number of carbonyl (C=O) groups excluding carboxylic acids is 2. The van der Waals surface area contributed by atoms with Gasteiger partial charge in [-0.2, -0.15) is 5.26 Å². The Morgan fingerprint density at radius 1 is 1.09 bits per heavy atom. The molecule has 0 bridgehead atoms. The number of hydrogen-bond donors (Lipinski definition) is 2. The van der Waals surface area contributed by atoms with Gasteiger partial charge in [-0.15, -0.1) is 0 Å². The van der Waals surface area contributed by atoms with Crippen molar-refractivity contribution >= 4 is 28.9 Å². The molecule has 0 unspecified atom stereocenters. The number of nitrogens with one attached hydrogen (secondary N) is 2. The highest BCUT2D eigenvalue weighted by atomic mass is 16.5. The quantitative estimate of drug-likeness (QED) is 0.211. The summed E-state index contributed by atoms with van der Waals surface area (Å²) in [5.41, 5.74) is 3.34. The normalized spacial score (nSPS) is 10.8. The molecule has 2 aromatic rings. The molecule has 0 saturated heterocycles. The van der Waals surface area contributed by atoms with Crippen LogP contribution in [0.2, 0.25) is 0 Å². The molecule has 7 nitrogen and oxygen atoms in total. The fourth-order valence-electron chi connectivity index (χ4n) is 3.24. The summed E-state index contributed by atoms with van der Waals surface area (Å²) in [5.74, 6) is -1.12. The third-order valence-corrected chi connectivity index (χ3v) is 5.20. The number of carbonyl (C=O) groups is 2. The molecule has 7 heteroatoms. The van der Waals surface area contributed by atoms with Crippen molar-refractivity contribution in [2.45, 2.75) is 40.5 Å². The van der Waals surface area contributed by atoms with Crippen LogP contribution in [0.15, 0.2) is 54.2 Å². The fraction of sp³-hybridized carbons (Fsp3) is 0.346. The van der Waals surface area contributed by atoms with Gasteiger partial charge in [-0.1, -0.05) is 25.5 Å². The summed E-state index contributed by atoms with van der Waals surface area (Å²) in [6.45, 7) is 10.3. The second kappa shape index (κ2) is 12.9. The van der Waals surface area contributed by atoms with Crippen LogP contribution in [0, 0.1) is 18.3 Å². The predicted octanol–water partition coefficient (Wildman–Crippen LogP) is 5.26. The summed E-state index contributed by atoms with van der Waals surface area (Å²) in [4.78, 5) is 27.3. The molecular weight excluding hydrogens is 416 g/mol. The van der Waals surface area contributed by atoms with Gasteiger partial charge in [0, 0.05) is 30.7 Å². The first-order valence-electron chi connectivity index (χ1n) is 11.2. The number of ether oxygens (including phenoxy) is 1. The number of esters is 1. The number of anilines is 3. The Morgan fingerprint density at radius 3 is 2.45 bits per heavy atom. The van der Waals surface area contributed by atoms with E-state index in [-0.39, 0.29) is 11.1 Å². The van der Waals surface area contributed by atoms with Crippen LogP contribution < -0.4 is 15.5 Å². The fourth-order valence-corrected chi connectivity index (χ4v) is 3.24. The Hall–Kier alpha value is -3.79. The molecule has 2 aromatic carbocycles. The molecule has 33 heavy (non-hydrogen) atoms. The maximum Gasteiger partial charge on any atom is 0.340 e. The molecule has 0 spiro atoms. The highest BCUT2D eigenvalue weighted by Crippen LogP contribution is 2.23. The molecule has 0 heterocycles. The second-order valence-electron chi connectivity index (χ2n) is 7.47. The Balaban J connectivity index is 2.14. The molecule has 2 rings (SSSR count). The SMILES string of the molecule is CCCCOC(=O)c1ccccc1NC(=O)/C(C#N)=C\Nc1ccc(N(CC)CC)cc1C. The van der Waals surface area contributed by atoms with Crippen molar-refractivity contribution in [1.29, 1.82) is 5.26 Å². The van der Waals surface area contributed by atoms with Crippen molar-refractivity contribution in [3.05, 3.63) is 65.4 Å². The van der Waals surface area contributed by atoms with Crippen LogP contribution in [0.5, 0.6) is 0 Å². The molecule has 0 aliphatic carbocycles. The van der Waals surface area contributed by atoms with E-state index in [0.29, 0.717) is 12.3 Å². The second-order valence-corrected chi connectivity index (χ2v) is 7.47. The van der Waals surface area contributed by atoms with E-state index in [1.54, 1.807) is 24.3 Å². The number of rotatable bonds is 11. The number of unbranched alkanes of at least 4 members (excludes halogenated alkanes) is 1. The van der Waals surface area contributed by atoms with Crippen LogP contribution in [-0.4, -0.2) is 31.6 Å². The molecule has 0 fully saturated rings. The highest BCUT2D eigenvalue weighted by molar-refractivity contribution is 6.09. The lowest BCUT2D eigenvalue weighted by molar-refractivity contribution is -0.112. The van der Waals surface area contributed by atoms with E-state index in [4.69, 9.17) is 4.74 Å². The number of hydrogen-bond acceptors (Lipinski definition) is 6. The van der Waals surface area contributed by atoms with Crippen molar-refractivity contribution in [2.75, 3.05) is 35.2 Å². The van der Waals surface area contributed by atoms with Crippen molar-refractivity contribution < 1.29 is 14.3 Å². The lowest BCUT2D eigenvalue weighted by atomic mass is 10.1. The number of para-hydroxylation sites is 1. The van der Waals surface area contributed by atoms with E-state index in [9.17, 15) is 14.9 Å². The summed E-state index contributed by atoms with van der Waals surface area (Å²) >= 11 is 0. The van der Waals surface area contributed by atoms with E-state index >= 15 is 0 Å². The van der Waals surface area contributed by atoms with Gasteiger partial charge in [0.15, 0.2) is 0 Å². The first-order chi connectivity index (χ1) is 15.9. The lowest BCUT2D eigenvalue weighted by Crippen LogP contribution is -2.21. The molecule has 0 aliphatic rings. The highest BCUT2D eigenvalue weighted by Gasteiger charge is 2.16. The molecule has 0 radical (unpaired) electrons. The Labute approximate surface area is 196 Å². The van der Waals surface area contributed by atoms with Crippen molar-refractivity contribution in [1.82, 2.24) is 0 Å². The van der Waals surface area contributed by atoms with Crippen molar-refractivity contribution in [2.24, 2.45) is 0 Å². The minimum atomic E-state index is -0.615. The van der Waals surface area contributed by atoms with Gasteiger partial charge in [-0.25, -0.2) is 4.79 Å². The molecule has 0 saturated carbocycles. The maximum atomic E-state index is 12.7. The molecular formula is C26H32N4O3. The van der Waals surface area contributed by atoms with Crippen molar-refractivity contribution in [3.8, 4) is 6.07 Å². The molecule has 0 aliphatic heterocycles. The van der Waals surface area contributed by atoms with Crippen molar-refractivity contribution in [3.63, 3.8) is 0 Å². The number of benzene rings is 2. The lowest BCUT2D eigenvalue weighted by Gasteiger charge is -2.22. The largest absolute Gasteiger partial charge is 0.462 e. The maximum absolute atomic E-state index is 12.7. The zero-order valence-electron chi connectivity index (χ0n) is 19.8. The summed E-state index contributed by atoms with van der Waals surface area (Å²) in [6.07, 6.45) is 3.05. The van der Waals surface area contributed by atoms with Crippen LogP contribution in [0.4, 0.5) is 17.1 Å². The molecule has 0 aromatic heterocycles. The smallest absolute Gasteiger partial charge is 0.340 e. The molecule has 2 N–H and O–H groups in total. The van der Waals surface area contributed by atoms with Gasteiger partial charge in [0.1, 0.15) is 11.6 Å². The average Bonchev–Trinajstić information content (AvgIpc) is 2.82. The number of amides is 1. The van der Waals surface area contributed by atoms with Gasteiger partial charge in [0.05, 0.1) is 17.9 Å². The zero-order valence-corrected chi connectivity index (χ0v) is 19.8. The van der Waals surface area contributed by atoms with Gasteiger partial charge >= 0.3 is 5.97 Å². The molecule has 1 amide bonds. The van der Waals surface area contributed by atoms with Crippen LogP contribution in [0.3, 0.4) is 0 Å². The summed E-state index contributed by atoms with van der Waals surface area (Å²) in [5, 5.41) is 15.2. The topological polar surface area (TPSA) is 94.5 Å². The van der Waals surface area contributed by atoms with E-state index in [1.807, 2.05) is 32.0 Å².